The first-order chi connectivity index (χ1) is 12.2. The molecule has 2 aromatic rings. The number of fused-ring (bicyclic) bond motifs is 3. The number of carbonyl (C=O) groups is 1. The van der Waals surface area contributed by atoms with E-state index in [9.17, 15) is 9.90 Å². The molecule has 2 aromatic heterocycles. The molecule has 0 spiro atoms. The maximum Gasteiger partial charge on any atom is 0.326 e. The topological polar surface area (TPSA) is 75.1 Å². The Bertz CT molecular complexity index is 809. The minimum atomic E-state index is -0.831. The van der Waals surface area contributed by atoms with Crippen molar-refractivity contribution in [1.29, 1.82) is 0 Å². The van der Waals surface area contributed by atoms with E-state index < -0.39 is 12.0 Å². The van der Waals surface area contributed by atoms with Crippen LogP contribution in [0.2, 0.25) is 0 Å². The molecule has 0 aromatic carbocycles. The molecule has 6 heteroatoms. The lowest BCUT2D eigenvalue weighted by atomic mass is 9.72. The van der Waals surface area contributed by atoms with Gasteiger partial charge in [-0.3, -0.25) is 0 Å². The van der Waals surface area contributed by atoms with Crippen LogP contribution in [0.1, 0.15) is 57.9 Å². The molecule has 0 saturated carbocycles. The van der Waals surface area contributed by atoms with Gasteiger partial charge in [0.1, 0.15) is 23.0 Å². The van der Waals surface area contributed by atoms with E-state index in [1.54, 1.807) is 17.7 Å². The quantitative estimate of drug-likeness (QED) is 0.788. The minimum absolute atomic E-state index is 0.0252. The second-order valence-electron chi connectivity index (χ2n) is 8.56. The third-order valence-electron chi connectivity index (χ3n) is 5.84. The highest BCUT2D eigenvalue weighted by atomic mass is 32.1. The summed E-state index contributed by atoms with van der Waals surface area (Å²) in [5.74, 6) is 0.536. The standard InChI is InChI=1S/C20H29N3O2S/c1-6-11(2)16(19(24)25)23-17-15-13-8-7-12(20(3,4)5)9-14(13)26-18(15)22-10-21-17/h10-12,16H,6-9H2,1-5H3,(H,24,25)(H,21,22,23). The summed E-state index contributed by atoms with van der Waals surface area (Å²) in [6.45, 7) is 10.9. The number of hydrogen-bond acceptors (Lipinski definition) is 5. The van der Waals surface area contributed by atoms with Crippen LogP contribution in [-0.2, 0) is 17.6 Å². The summed E-state index contributed by atoms with van der Waals surface area (Å²) in [5, 5.41) is 13.9. The van der Waals surface area contributed by atoms with Crippen molar-refractivity contribution < 1.29 is 9.90 Å². The van der Waals surface area contributed by atoms with E-state index >= 15 is 0 Å². The average Bonchev–Trinajstić information content (AvgIpc) is 2.96. The first-order valence-corrected chi connectivity index (χ1v) is 10.3. The molecule has 1 aliphatic rings. The Hall–Kier alpha value is -1.69. The van der Waals surface area contributed by atoms with Crippen LogP contribution in [0.3, 0.4) is 0 Å². The van der Waals surface area contributed by atoms with E-state index in [1.807, 2.05) is 13.8 Å². The van der Waals surface area contributed by atoms with Crippen LogP contribution in [0, 0.1) is 17.3 Å². The number of rotatable bonds is 5. The van der Waals surface area contributed by atoms with Crippen LogP contribution in [0.4, 0.5) is 5.82 Å². The number of nitrogens with zero attached hydrogens (tertiary/aromatic N) is 2. The van der Waals surface area contributed by atoms with Crippen molar-refractivity contribution in [3.8, 4) is 0 Å². The molecule has 2 N–H and O–H groups in total. The lowest BCUT2D eigenvalue weighted by Crippen LogP contribution is -2.35. The highest BCUT2D eigenvalue weighted by molar-refractivity contribution is 7.19. The normalized spacial score (nSPS) is 19.8. The van der Waals surface area contributed by atoms with Gasteiger partial charge in [0.15, 0.2) is 0 Å². The van der Waals surface area contributed by atoms with Gasteiger partial charge in [-0.05, 0) is 42.1 Å². The summed E-state index contributed by atoms with van der Waals surface area (Å²) < 4.78 is 0. The van der Waals surface area contributed by atoms with Gasteiger partial charge in [0, 0.05) is 4.88 Å². The number of carboxylic acid groups (broad SMARTS) is 1. The first kappa shape index (κ1) is 19.1. The van der Waals surface area contributed by atoms with Gasteiger partial charge in [-0.25, -0.2) is 14.8 Å². The Morgan fingerprint density at radius 2 is 2.15 bits per heavy atom. The fourth-order valence-electron chi connectivity index (χ4n) is 3.79. The van der Waals surface area contributed by atoms with Gasteiger partial charge < -0.3 is 10.4 Å². The largest absolute Gasteiger partial charge is 0.480 e. The van der Waals surface area contributed by atoms with Gasteiger partial charge in [0.05, 0.1) is 5.39 Å². The molecule has 0 radical (unpaired) electrons. The fraction of sp³-hybridized carbons (Fsp3) is 0.650. The van der Waals surface area contributed by atoms with Gasteiger partial charge >= 0.3 is 5.97 Å². The van der Waals surface area contributed by atoms with Gasteiger partial charge in [-0.1, -0.05) is 41.0 Å². The Labute approximate surface area is 159 Å². The van der Waals surface area contributed by atoms with Crippen molar-refractivity contribution >= 4 is 33.3 Å². The number of nitrogens with one attached hydrogen (secondary N) is 1. The average molecular weight is 376 g/mol. The predicted molar refractivity (Wildman–Crippen MR) is 107 cm³/mol. The molecule has 26 heavy (non-hydrogen) atoms. The molecule has 5 nitrogen and oxygen atoms in total. The maximum absolute atomic E-state index is 11.7. The zero-order chi connectivity index (χ0) is 19.1. The van der Waals surface area contributed by atoms with Crippen LogP contribution < -0.4 is 5.32 Å². The van der Waals surface area contributed by atoms with Crippen LogP contribution in [0.5, 0.6) is 0 Å². The van der Waals surface area contributed by atoms with E-state index in [1.165, 1.54) is 10.4 Å². The van der Waals surface area contributed by atoms with Crippen LogP contribution >= 0.6 is 11.3 Å². The molecule has 0 bridgehead atoms. The van der Waals surface area contributed by atoms with E-state index in [0.29, 0.717) is 17.2 Å². The van der Waals surface area contributed by atoms with Crippen molar-refractivity contribution in [2.75, 3.05) is 5.32 Å². The lowest BCUT2D eigenvalue weighted by molar-refractivity contribution is -0.139. The minimum Gasteiger partial charge on any atom is -0.480 e. The monoisotopic (exact) mass is 375 g/mol. The molecule has 0 saturated heterocycles. The number of aromatic nitrogens is 2. The number of aliphatic carboxylic acids is 1. The molecule has 2 heterocycles. The molecule has 1 aliphatic carbocycles. The number of thiophene rings is 1. The number of anilines is 1. The van der Waals surface area contributed by atoms with E-state index in [0.717, 1.165) is 35.9 Å². The SMILES string of the molecule is CCC(C)C(Nc1ncnc2sc3c(c12)CCC(C(C)(C)C)C3)C(=O)O. The second-order valence-corrected chi connectivity index (χ2v) is 9.64. The second kappa shape index (κ2) is 7.14. The van der Waals surface area contributed by atoms with Crippen LogP contribution in [-0.4, -0.2) is 27.1 Å². The third-order valence-corrected chi connectivity index (χ3v) is 7.00. The Balaban J connectivity index is 1.99. The summed E-state index contributed by atoms with van der Waals surface area (Å²) >= 11 is 1.74. The maximum atomic E-state index is 11.7. The predicted octanol–water partition coefficient (Wildman–Crippen LogP) is 4.75. The molecule has 142 valence electrons. The molecule has 3 rings (SSSR count). The van der Waals surface area contributed by atoms with Gasteiger partial charge in [0.25, 0.3) is 0 Å². The third kappa shape index (κ3) is 3.56. The highest BCUT2D eigenvalue weighted by Gasteiger charge is 2.32. The molecule has 3 unspecified atom stereocenters. The van der Waals surface area contributed by atoms with Gasteiger partial charge in [-0.2, -0.15) is 0 Å². The van der Waals surface area contributed by atoms with E-state index in [4.69, 9.17) is 0 Å². The number of hydrogen-bond donors (Lipinski definition) is 2. The highest BCUT2D eigenvalue weighted by Crippen LogP contribution is 2.44. The van der Waals surface area contributed by atoms with Crippen molar-refractivity contribution in [3.05, 3.63) is 16.8 Å². The molecule has 0 fully saturated rings. The van der Waals surface area contributed by atoms with Crippen molar-refractivity contribution in [2.24, 2.45) is 17.3 Å². The Morgan fingerprint density at radius 3 is 2.77 bits per heavy atom. The van der Waals surface area contributed by atoms with Gasteiger partial charge in [-0.15, -0.1) is 11.3 Å². The van der Waals surface area contributed by atoms with Crippen molar-refractivity contribution in [3.63, 3.8) is 0 Å². The summed E-state index contributed by atoms with van der Waals surface area (Å²) in [6.07, 6.45) is 5.59. The van der Waals surface area contributed by atoms with Crippen LogP contribution in [0.25, 0.3) is 10.2 Å². The zero-order valence-corrected chi connectivity index (χ0v) is 17.1. The summed E-state index contributed by atoms with van der Waals surface area (Å²) in [6, 6.07) is -0.639. The smallest absolute Gasteiger partial charge is 0.326 e. The Kier molecular flexibility index (Phi) is 5.24. The number of aryl methyl sites for hydroxylation is 1. The first-order valence-electron chi connectivity index (χ1n) is 9.47. The van der Waals surface area contributed by atoms with E-state index in [2.05, 4.69) is 36.1 Å². The summed E-state index contributed by atoms with van der Waals surface area (Å²) in [7, 11) is 0. The zero-order valence-electron chi connectivity index (χ0n) is 16.3. The van der Waals surface area contributed by atoms with E-state index in [-0.39, 0.29) is 5.92 Å². The molecule has 0 aliphatic heterocycles. The lowest BCUT2D eigenvalue weighted by Gasteiger charge is -2.33. The van der Waals surface area contributed by atoms with Crippen LogP contribution in [0.15, 0.2) is 6.33 Å². The fourth-order valence-corrected chi connectivity index (χ4v) is 5.06. The summed E-state index contributed by atoms with van der Waals surface area (Å²) in [4.78, 5) is 23.0. The van der Waals surface area contributed by atoms with Crippen molar-refractivity contribution in [2.45, 2.75) is 66.3 Å². The number of carboxylic acids is 1. The molecule has 0 amide bonds. The molecular formula is C20H29N3O2S. The molecule has 3 atom stereocenters. The Morgan fingerprint density at radius 1 is 1.42 bits per heavy atom. The summed E-state index contributed by atoms with van der Waals surface area (Å²) in [5.41, 5.74) is 1.62. The van der Waals surface area contributed by atoms with Gasteiger partial charge in [0.2, 0.25) is 0 Å². The molecular weight excluding hydrogens is 346 g/mol. The van der Waals surface area contributed by atoms with Crippen molar-refractivity contribution in [1.82, 2.24) is 9.97 Å².